The van der Waals surface area contributed by atoms with E-state index in [-0.39, 0.29) is 18.4 Å². The third-order valence-corrected chi connectivity index (χ3v) is 4.01. The van der Waals surface area contributed by atoms with E-state index in [0.29, 0.717) is 17.9 Å². The van der Waals surface area contributed by atoms with Gasteiger partial charge in [-0.2, -0.15) is 0 Å². The predicted molar refractivity (Wildman–Crippen MR) is 98.4 cm³/mol. The average Bonchev–Trinajstić information content (AvgIpc) is 3.31. The highest BCUT2D eigenvalue weighted by atomic mass is 16.5. The van der Waals surface area contributed by atoms with Crippen LogP contribution in [0.5, 0.6) is 0 Å². The van der Waals surface area contributed by atoms with Gasteiger partial charge in [0, 0.05) is 36.9 Å². The lowest BCUT2D eigenvalue weighted by Gasteiger charge is -2.16. The first-order chi connectivity index (χ1) is 13.0. The topological polar surface area (TPSA) is 113 Å². The zero-order chi connectivity index (χ0) is 19.2. The molecule has 2 heterocycles. The molecule has 0 radical (unpaired) electrons. The second-order valence-corrected chi connectivity index (χ2v) is 6.30. The maximum atomic E-state index is 12.5. The molecule has 0 aliphatic rings. The number of aromatic amines is 1. The van der Waals surface area contributed by atoms with Crippen LogP contribution in [0.15, 0.2) is 47.4 Å². The molecule has 0 bridgehead atoms. The molecule has 0 spiro atoms. The molecular formula is C19H21N5O3. The summed E-state index contributed by atoms with van der Waals surface area (Å²) in [6.07, 6.45) is 3.46. The normalized spacial score (nSPS) is 11.8. The highest BCUT2D eigenvalue weighted by Gasteiger charge is 2.21. The van der Waals surface area contributed by atoms with Crippen LogP contribution in [0.4, 0.5) is 0 Å². The number of hydrogen-bond acceptors (Lipinski definition) is 5. The van der Waals surface area contributed by atoms with Crippen LogP contribution in [0.3, 0.4) is 0 Å². The molecule has 8 nitrogen and oxygen atoms in total. The van der Waals surface area contributed by atoms with Gasteiger partial charge in [-0.15, -0.1) is 0 Å². The van der Waals surface area contributed by atoms with Gasteiger partial charge in [-0.3, -0.25) is 9.59 Å². The van der Waals surface area contributed by atoms with Crippen molar-refractivity contribution in [3.05, 3.63) is 59.8 Å². The number of rotatable bonds is 7. The molecular weight excluding hydrogens is 346 g/mol. The average molecular weight is 367 g/mol. The predicted octanol–water partition coefficient (Wildman–Crippen LogP) is 1.74. The Morgan fingerprint density at radius 3 is 2.70 bits per heavy atom. The lowest BCUT2D eigenvalue weighted by Crippen LogP contribution is -2.47. The first-order valence-electron chi connectivity index (χ1n) is 8.56. The summed E-state index contributed by atoms with van der Waals surface area (Å²) in [5, 5.41) is 9.42. The first-order valence-corrected chi connectivity index (χ1v) is 8.56. The van der Waals surface area contributed by atoms with E-state index in [9.17, 15) is 9.59 Å². The number of carbonyl (C=O) groups is 2. The van der Waals surface area contributed by atoms with Crippen molar-refractivity contribution in [2.45, 2.75) is 32.9 Å². The Bertz CT molecular complexity index is 900. The summed E-state index contributed by atoms with van der Waals surface area (Å²) in [4.78, 5) is 30.7. The van der Waals surface area contributed by atoms with E-state index in [1.807, 2.05) is 31.2 Å². The summed E-state index contributed by atoms with van der Waals surface area (Å²) in [5.74, 6) is 0.0487. The summed E-state index contributed by atoms with van der Waals surface area (Å²) < 4.78 is 5.35. The van der Waals surface area contributed by atoms with Gasteiger partial charge in [0.25, 0.3) is 0 Å². The fourth-order valence-corrected chi connectivity index (χ4v) is 2.62. The number of nitrogens with zero attached hydrogens (tertiary/aromatic N) is 2. The van der Waals surface area contributed by atoms with Crippen LogP contribution >= 0.6 is 0 Å². The SMILES string of the molecule is CC(=O)N[C@@H](Cc1cnc[nH]1)C(=O)NCc1cc(-c2ccc(C)cc2)on1. The highest BCUT2D eigenvalue weighted by molar-refractivity contribution is 5.87. The van der Waals surface area contributed by atoms with E-state index in [1.54, 1.807) is 12.3 Å². The molecule has 140 valence electrons. The number of imidazole rings is 1. The van der Waals surface area contributed by atoms with Crippen molar-refractivity contribution in [2.24, 2.45) is 0 Å². The zero-order valence-electron chi connectivity index (χ0n) is 15.2. The van der Waals surface area contributed by atoms with Gasteiger partial charge in [0.2, 0.25) is 11.8 Å². The molecule has 2 amide bonds. The van der Waals surface area contributed by atoms with E-state index in [2.05, 4.69) is 25.8 Å². The second kappa shape index (κ2) is 8.31. The minimum Gasteiger partial charge on any atom is -0.356 e. The summed E-state index contributed by atoms with van der Waals surface area (Å²) in [5.41, 5.74) is 3.43. The van der Waals surface area contributed by atoms with E-state index < -0.39 is 6.04 Å². The standard InChI is InChI=1S/C19H21N5O3/c1-12-3-5-14(6-4-12)18-8-16(24-27-18)10-21-19(26)17(23-13(2)25)7-15-9-20-11-22-15/h3-6,8-9,11,17H,7,10H2,1-2H3,(H,20,22)(H,21,26)(H,23,25)/t17-/m0/s1. The molecule has 0 fully saturated rings. The molecule has 3 N–H and O–H groups in total. The van der Waals surface area contributed by atoms with Crippen LogP contribution in [0.1, 0.15) is 23.9 Å². The summed E-state index contributed by atoms with van der Waals surface area (Å²) in [6, 6.07) is 8.98. The van der Waals surface area contributed by atoms with Crippen LogP contribution in [0.2, 0.25) is 0 Å². The van der Waals surface area contributed by atoms with Crippen molar-refractivity contribution in [3.8, 4) is 11.3 Å². The lowest BCUT2D eigenvalue weighted by atomic mass is 10.1. The Morgan fingerprint density at radius 2 is 2.04 bits per heavy atom. The quantitative estimate of drug-likeness (QED) is 0.589. The Labute approximate surface area is 156 Å². The highest BCUT2D eigenvalue weighted by Crippen LogP contribution is 2.20. The number of aromatic nitrogens is 3. The molecule has 0 aliphatic carbocycles. The van der Waals surface area contributed by atoms with E-state index in [1.165, 1.54) is 13.3 Å². The lowest BCUT2D eigenvalue weighted by molar-refractivity contribution is -0.128. The molecule has 8 heteroatoms. The van der Waals surface area contributed by atoms with Gasteiger partial charge in [0.1, 0.15) is 11.7 Å². The maximum Gasteiger partial charge on any atom is 0.243 e. The monoisotopic (exact) mass is 367 g/mol. The molecule has 3 rings (SSSR count). The second-order valence-electron chi connectivity index (χ2n) is 6.30. The Hall–Kier alpha value is -3.42. The molecule has 0 saturated heterocycles. The third kappa shape index (κ3) is 5.04. The first kappa shape index (κ1) is 18.4. The molecule has 0 aliphatic heterocycles. The van der Waals surface area contributed by atoms with Gasteiger partial charge in [-0.1, -0.05) is 35.0 Å². The number of carbonyl (C=O) groups excluding carboxylic acids is 2. The van der Waals surface area contributed by atoms with Crippen LogP contribution in [-0.2, 0) is 22.6 Å². The van der Waals surface area contributed by atoms with E-state index >= 15 is 0 Å². The molecule has 27 heavy (non-hydrogen) atoms. The van der Waals surface area contributed by atoms with E-state index in [4.69, 9.17) is 4.52 Å². The Kier molecular flexibility index (Phi) is 5.65. The van der Waals surface area contributed by atoms with Crippen LogP contribution in [0.25, 0.3) is 11.3 Å². The fraction of sp³-hybridized carbons (Fsp3) is 0.263. The number of hydrogen-bond donors (Lipinski definition) is 3. The number of aryl methyl sites for hydroxylation is 1. The van der Waals surface area contributed by atoms with Crippen molar-refractivity contribution < 1.29 is 14.1 Å². The van der Waals surface area contributed by atoms with Crippen LogP contribution in [-0.4, -0.2) is 33.0 Å². The summed E-state index contributed by atoms with van der Waals surface area (Å²) >= 11 is 0. The minimum absolute atomic E-state index is 0.202. The fourth-order valence-electron chi connectivity index (χ4n) is 2.62. The molecule has 2 aromatic heterocycles. The Morgan fingerprint density at radius 1 is 1.26 bits per heavy atom. The van der Waals surface area contributed by atoms with Gasteiger partial charge in [0.05, 0.1) is 12.9 Å². The minimum atomic E-state index is -0.702. The molecule has 0 saturated carbocycles. The maximum absolute atomic E-state index is 12.5. The number of benzene rings is 1. The Balaban J connectivity index is 1.61. The zero-order valence-corrected chi connectivity index (χ0v) is 15.2. The molecule has 3 aromatic rings. The van der Waals surface area contributed by atoms with Crippen molar-refractivity contribution >= 4 is 11.8 Å². The van der Waals surface area contributed by atoms with Crippen LogP contribution in [0, 0.1) is 6.92 Å². The van der Waals surface area contributed by atoms with Crippen LogP contribution < -0.4 is 10.6 Å². The summed E-state index contributed by atoms with van der Waals surface area (Å²) in [7, 11) is 0. The van der Waals surface area contributed by atoms with Crippen molar-refractivity contribution in [3.63, 3.8) is 0 Å². The number of nitrogens with one attached hydrogen (secondary N) is 3. The van der Waals surface area contributed by atoms with Gasteiger partial charge < -0.3 is 20.1 Å². The van der Waals surface area contributed by atoms with Gasteiger partial charge >= 0.3 is 0 Å². The molecule has 0 unspecified atom stereocenters. The smallest absolute Gasteiger partial charge is 0.243 e. The number of H-pyrrole nitrogens is 1. The van der Waals surface area contributed by atoms with Gasteiger partial charge in [-0.25, -0.2) is 4.98 Å². The van der Waals surface area contributed by atoms with E-state index in [0.717, 1.165) is 16.8 Å². The number of amides is 2. The van der Waals surface area contributed by atoms with Crippen molar-refractivity contribution in [1.29, 1.82) is 0 Å². The largest absolute Gasteiger partial charge is 0.356 e. The van der Waals surface area contributed by atoms with Gasteiger partial charge in [-0.05, 0) is 6.92 Å². The summed E-state index contributed by atoms with van der Waals surface area (Å²) in [6.45, 7) is 3.59. The molecule has 1 aromatic carbocycles. The van der Waals surface area contributed by atoms with Gasteiger partial charge in [0.15, 0.2) is 5.76 Å². The van der Waals surface area contributed by atoms with Crippen molar-refractivity contribution in [1.82, 2.24) is 25.8 Å². The molecule has 1 atom stereocenters. The van der Waals surface area contributed by atoms with Crippen molar-refractivity contribution in [2.75, 3.05) is 0 Å². The third-order valence-electron chi connectivity index (χ3n) is 4.01.